The average molecular weight is 614 g/mol. The van der Waals surface area contributed by atoms with E-state index in [9.17, 15) is 0 Å². The van der Waals surface area contributed by atoms with Crippen molar-refractivity contribution in [2.75, 3.05) is 0 Å². The lowest BCUT2D eigenvalue weighted by Crippen LogP contribution is -2.83. The molecule has 0 saturated heterocycles. The Hall–Kier alpha value is -6.23. The van der Waals surface area contributed by atoms with Crippen LogP contribution >= 0.6 is 0 Å². The summed E-state index contributed by atoms with van der Waals surface area (Å²) in [5.41, 5.74) is 15.6. The molecule has 4 nitrogen and oxygen atoms in total. The number of fused-ring (bicyclic) bond motifs is 10. The first-order valence-corrected chi connectivity index (χ1v) is 16.6. The van der Waals surface area contributed by atoms with Crippen LogP contribution in [0, 0.1) is 0 Å². The topological polar surface area (TPSA) is 38.8 Å². The SMILES string of the molecule is c1ccc(-c2ccc3c(c2)[NH2+]C2C(=N3)c3cc(-c4cccc5c4c4ccccc4n5-c4ccccc4)cc4c5ccccc5n2c34)cc1. The van der Waals surface area contributed by atoms with Crippen molar-refractivity contribution >= 4 is 60.7 Å². The van der Waals surface area contributed by atoms with Crippen LogP contribution < -0.4 is 5.32 Å². The second-order valence-electron chi connectivity index (χ2n) is 12.9. The van der Waals surface area contributed by atoms with Gasteiger partial charge in [0.05, 0.1) is 22.1 Å². The number of hydrogen-bond acceptors (Lipinski definition) is 1. The van der Waals surface area contributed by atoms with Crippen molar-refractivity contribution in [3.8, 4) is 27.9 Å². The lowest BCUT2D eigenvalue weighted by molar-refractivity contribution is -0.614. The summed E-state index contributed by atoms with van der Waals surface area (Å²) in [7, 11) is 0. The summed E-state index contributed by atoms with van der Waals surface area (Å²) in [5, 5.41) is 7.52. The zero-order chi connectivity index (χ0) is 31.3. The van der Waals surface area contributed by atoms with E-state index in [1.54, 1.807) is 0 Å². The van der Waals surface area contributed by atoms with Crippen molar-refractivity contribution in [2.45, 2.75) is 6.17 Å². The summed E-state index contributed by atoms with van der Waals surface area (Å²) in [6, 6.07) is 57.2. The van der Waals surface area contributed by atoms with Crippen LogP contribution in [0.2, 0.25) is 0 Å². The van der Waals surface area contributed by atoms with Crippen LogP contribution in [0.15, 0.2) is 163 Å². The molecule has 2 aliphatic rings. The number of aromatic nitrogens is 2. The van der Waals surface area contributed by atoms with Crippen LogP contribution in [-0.2, 0) is 0 Å². The maximum Gasteiger partial charge on any atom is 0.215 e. The molecule has 1 atom stereocenters. The first-order chi connectivity index (χ1) is 23.8. The van der Waals surface area contributed by atoms with Crippen LogP contribution in [0.25, 0.3) is 71.6 Å². The first kappa shape index (κ1) is 25.9. The molecule has 4 heterocycles. The molecular formula is C44H29N4+. The highest BCUT2D eigenvalue weighted by molar-refractivity contribution is 6.25. The number of benzene rings is 7. The fourth-order valence-corrected chi connectivity index (χ4v) is 8.35. The van der Waals surface area contributed by atoms with E-state index >= 15 is 0 Å². The molecule has 0 spiro atoms. The Morgan fingerprint density at radius 1 is 0.500 bits per heavy atom. The van der Waals surface area contributed by atoms with E-state index in [2.05, 4.69) is 172 Å². The molecule has 7 aromatic carbocycles. The lowest BCUT2D eigenvalue weighted by atomic mass is 9.94. The number of quaternary nitrogens is 1. The minimum Gasteiger partial charge on any atom is -0.309 e. The Kier molecular flexibility index (Phi) is 5.20. The van der Waals surface area contributed by atoms with E-state index in [0.29, 0.717) is 0 Å². The lowest BCUT2D eigenvalue weighted by Gasteiger charge is -2.21. The molecule has 4 heteroatoms. The second kappa shape index (κ2) is 9.64. The molecule has 224 valence electrons. The van der Waals surface area contributed by atoms with Crippen LogP contribution in [-0.4, -0.2) is 14.8 Å². The quantitative estimate of drug-likeness (QED) is 0.193. The minimum atomic E-state index is 0.0342. The molecule has 2 N–H and O–H groups in total. The van der Waals surface area contributed by atoms with E-state index in [0.717, 1.165) is 11.4 Å². The Labute approximate surface area is 276 Å². The summed E-state index contributed by atoms with van der Waals surface area (Å²) in [5.74, 6) is 0. The largest absolute Gasteiger partial charge is 0.309 e. The molecule has 0 bridgehead atoms. The van der Waals surface area contributed by atoms with Crippen LogP contribution in [0.4, 0.5) is 11.4 Å². The zero-order valence-electron chi connectivity index (χ0n) is 26.0. The van der Waals surface area contributed by atoms with E-state index in [1.165, 1.54) is 82.8 Å². The summed E-state index contributed by atoms with van der Waals surface area (Å²) in [6.07, 6.45) is 0.0342. The summed E-state index contributed by atoms with van der Waals surface area (Å²) in [4.78, 5) is 5.41. The monoisotopic (exact) mass is 613 g/mol. The molecule has 0 saturated carbocycles. The molecule has 0 amide bonds. The van der Waals surface area contributed by atoms with Gasteiger partial charge in [-0.25, -0.2) is 4.99 Å². The molecule has 2 aromatic heterocycles. The number of nitrogens with two attached hydrogens (primary N) is 1. The van der Waals surface area contributed by atoms with E-state index in [-0.39, 0.29) is 6.17 Å². The van der Waals surface area contributed by atoms with E-state index in [4.69, 9.17) is 4.99 Å². The van der Waals surface area contributed by atoms with Gasteiger partial charge in [-0.15, -0.1) is 0 Å². The van der Waals surface area contributed by atoms with Crippen molar-refractivity contribution < 1.29 is 5.32 Å². The van der Waals surface area contributed by atoms with E-state index < -0.39 is 0 Å². The highest BCUT2D eigenvalue weighted by Crippen LogP contribution is 2.46. The zero-order valence-corrected chi connectivity index (χ0v) is 26.0. The molecule has 9 aromatic rings. The highest BCUT2D eigenvalue weighted by atomic mass is 15.2. The second-order valence-corrected chi connectivity index (χ2v) is 12.9. The molecule has 0 aliphatic carbocycles. The normalized spacial score (nSPS) is 14.9. The molecular weight excluding hydrogens is 585 g/mol. The van der Waals surface area contributed by atoms with Gasteiger partial charge in [0.25, 0.3) is 0 Å². The van der Waals surface area contributed by atoms with Crippen molar-refractivity contribution in [2.24, 2.45) is 4.99 Å². The predicted octanol–water partition coefficient (Wildman–Crippen LogP) is 10.1. The molecule has 11 rings (SSSR count). The van der Waals surface area contributed by atoms with Gasteiger partial charge in [-0.1, -0.05) is 103 Å². The molecule has 0 radical (unpaired) electrons. The minimum absolute atomic E-state index is 0.0342. The summed E-state index contributed by atoms with van der Waals surface area (Å²) >= 11 is 0. The standard InChI is InChI=1S/C44H28N4/c1-3-12-27(13-4-1)28-22-23-36-37(26-28)46-44-42(45-36)35-25-29(24-34-32-16-7-9-19-38(32)48(44)43(34)35)31-18-11-21-40-41(31)33-17-8-10-20-39(33)47(40)30-14-5-2-6-15-30/h1-26,44,46H/p+1. The van der Waals surface area contributed by atoms with Gasteiger partial charge >= 0.3 is 0 Å². The highest BCUT2D eigenvalue weighted by Gasteiger charge is 2.39. The summed E-state index contributed by atoms with van der Waals surface area (Å²) in [6.45, 7) is 0. The number of para-hydroxylation sites is 3. The molecule has 1 unspecified atom stereocenters. The maximum atomic E-state index is 5.41. The Morgan fingerprint density at radius 2 is 1.23 bits per heavy atom. The smallest absolute Gasteiger partial charge is 0.215 e. The van der Waals surface area contributed by atoms with Crippen molar-refractivity contribution in [1.29, 1.82) is 0 Å². The predicted molar refractivity (Wildman–Crippen MR) is 198 cm³/mol. The van der Waals surface area contributed by atoms with Crippen LogP contribution in [0.1, 0.15) is 11.7 Å². The average Bonchev–Trinajstić information content (AvgIpc) is 3.79. The number of rotatable bonds is 3. The fraction of sp³-hybridized carbons (Fsp3) is 0.0227. The number of aliphatic imine (C=N–C) groups is 1. The molecule has 48 heavy (non-hydrogen) atoms. The van der Waals surface area contributed by atoms with Gasteiger partial charge in [0, 0.05) is 38.9 Å². The summed E-state index contributed by atoms with van der Waals surface area (Å²) < 4.78 is 4.91. The van der Waals surface area contributed by atoms with Crippen molar-refractivity contribution in [3.63, 3.8) is 0 Å². The van der Waals surface area contributed by atoms with Gasteiger partial charge in [0.2, 0.25) is 6.17 Å². The third-order valence-corrected chi connectivity index (χ3v) is 10.4. The number of nitrogens with zero attached hydrogens (tertiary/aromatic N) is 3. The third kappa shape index (κ3) is 3.50. The fourth-order valence-electron chi connectivity index (χ4n) is 8.35. The Balaban J connectivity index is 1.17. The van der Waals surface area contributed by atoms with Crippen LogP contribution in [0.5, 0.6) is 0 Å². The van der Waals surface area contributed by atoms with Crippen LogP contribution in [0.3, 0.4) is 0 Å². The molecule has 2 aliphatic heterocycles. The number of hydrogen-bond donors (Lipinski definition) is 1. The van der Waals surface area contributed by atoms with E-state index in [1.807, 2.05) is 0 Å². The Bertz CT molecular complexity index is 2800. The van der Waals surface area contributed by atoms with Gasteiger partial charge in [0.15, 0.2) is 5.69 Å². The van der Waals surface area contributed by atoms with Gasteiger partial charge in [-0.3, -0.25) is 9.88 Å². The first-order valence-electron chi connectivity index (χ1n) is 16.6. The van der Waals surface area contributed by atoms with Crippen molar-refractivity contribution in [1.82, 2.24) is 9.13 Å². The van der Waals surface area contributed by atoms with Crippen molar-refractivity contribution in [3.05, 3.63) is 163 Å². The molecule has 0 fully saturated rings. The van der Waals surface area contributed by atoms with Gasteiger partial charge in [-0.2, -0.15) is 0 Å². The van der Waals surface area contributed by atoms with Gasteiger partial charge < -0.3 is 4.57 Å². The Morgan fingerprint density at radius 3 is 2.08 bits per heavy atom. The van der Waals surface area contributed by atoms with Gasteiger partial charge in [0.1, 0.15) is 11.4 Å². The third-order valence-electron chi connectivity index (χ3n) is 10.4. The van der Waals surface area contributed by atoms with Gasteiger partial charge in [-0.05, 0) is 70.8 Å². The maximum absolute atomic E-state index is 5.41.